The standard InChI is InChI=1S/C21H29N3O4/c1-14(2)19(23-17(25)11-16-9-7-6-8-10-16)20(27)28-12-18(26)24-21(5,13-22)15(3)4/h6-10,14-15,19H,11-12H2,1-5H3,(H,23,25)(H,24,26). The van der Waals surface area contributed by atoms with Crippen molar-refractivity contribution < 1.29 is 19.1 Å². The fourth-order valence-corrected chi connectivity index (χ4v) is 2.36. The number of hydrogen-bond donors (Lipinski definition) is 2. The fourth-order valence-electron chi connectivity index (χ4n) is 2.36. The molecule has 1 rings (SSSR count). The van der Waals surface area contributed by atoms with Crippen LogP contribution in [-0.2, 0) is 25.5 Å². The third-order valence-electron chi connectivity index (χ3n) is 4.58. The molecule has 0 saturated carbocycles. The molecule has 152 valence electrons. The molecule has 0 aliphatic carbocycles. The normalized spacial score (nSPS) is 13.9. The SMILES string of the molecule is CC(C)C(NC(=O)Cc1ccccc1)C(=O)OCC(=O)NC(C)(C#N)C(C)C. The van der Waals surface area contributed by atoms with Gasteiger partial charge in [-0.05, 0) is 24.3 Å². The molecule has 0 aromatic heterocycles. The molecule has 0 heterocycles. The zero-order chi connectivity index (χ0) is 21.3. The van der Waals surface area contributed by atoms with Gasteiger partial charge in [-0.1, -0.05) is 58.0 Å². The monoisotopic (exact) mass is 387 g/mol. The van der Waals surface area contributed by atoms with Gasteiger partial charge in [-0.3, -0.25) is 9.59 Å². The highest BCUT2D eigenvalue weighted by Crippen LogP contribution is 2.15. The highest BCUT2D eigenvalue weighted by atomic mass is 16.5. The van der Waals surface area contributed by atoms with Crippen LogP contribution in [0.3, 0.4) is 0 Å². The maximum atomic E-state index is 12.4. The van der Waals surface area contributed by atoms with Crippen molar-refractivity contribution in [3.8, 4) is 6.07 Å². The van der Waals surface area contributed by atoms with Crippen molar-refractivity contribution in [3.05, 3.63) is 35.9 Å². The number of esters is 1. The lowest BCUT2D eigenvalue weighted by Gasteiger charge is -2.27. The minimum absolute atomic E-state index is 0.113. The Labute approximate surface area is 166 Å². The van der Waals surface area contributed by atoms with Crippen LogP contribution in [0.2, 0.25) is 0 Å². The number of nitrogens with one attached hydrogen (secondary N) is 2. The van der Waals surface area contributed by atoms with Crippen molar-refractivity contribution >= 4 is 17.8 Å². The zero-order valence-electron chi connectivity index (χ0n) is 17.1. The van der Waals surface area contributed by atoms with Crippen molar-refractivity contribution in [2.45, 2.75) is 52.6 Å². The van der Waals surface area contributed by atoms with Crippen LogP contribution < -0.4 is 10.6 Å². The minimum Gasteiger partial charge on any atom is -0.454 e. The van der Waals surface area contributed by atoms with Gasteiger partial charge in [0.1, 0.15) is 11.6 Å². The van der Waals surface area contributed by atoms with Crippen molar-refractivity contribution in [1.29, 1.82) is 5.26 Å². The van der Waals surface area contributed by atoms with Gasteiger partial charge >= 0.3 is 5.97 Å². The number of nitriles is 1. The van der Waals surface area contributed by atoms with Gasteiger partial charge in [-0.15, -0.1) is 0 Å². The first-order chi connectivity index (χ1) is 13.1. The number of benzene rings is 1. The van der Waals surface area contributed by atoms with Crippen molar-refractivity contribution in [2.75, 3.05) is 6.61 Å². The topological polar surface area (TPSA) is 108 Å². The number of carbonyl (C=O) groups excluding carboxylic acids is 3. The van der Waals surface area contributed by atoms with E-state index in [1.54, 1.807) is 20.8 Å². The largest absolute Gasteiger partial charge is 0.454 e. The van der Waals surface area contributed by atoms with E-state index in [1.165, 1.54) is 0 Å². The summed E-state index contributed by atoms with van der Waals surface area (Å²) in [6.45, 7) is 8.28. The summed E-state index contributed by atoms with van der Waals surface area (Å²) in [5.41, 5.74) is -0.218. The van der Waals surface area contributed by atoms with Gasteiger partial charge in [-0.2, -0.15) is 5.26 Å². The number of nitrogens with zero attached hydrogens (tertiary/aromatic N) is 1. The summed E-state index contributed by atoms with van der Waals surface area (Å²) in [6, 6.07) is 10.4. The van der Waals surface area contributed by atoms with E-state index in [2.05, 4.69) is 16.7 Å². The van der Waals surface area contributed by atoms with Crippen LogP contribution in [0.15, 0.2) is 30.3 Å². The number of carbonyl (C=O) groups is 3. The Bertz CT molecular complexity index is 725. The smallest absolute Gasteiger partial charge is 0.329 e. The Balaban J connectivity index is 2.62. The van der Waals surface area contributed by atoms with E-state index >= 15 is 0 Å². The molecule has 1 aromatic rings. The van der Waals surface area contributed by atoms with Crippen LogP contribution in [0, 0.1) is 23.2 Å². The Morgan fingerprint density at radius 1 is 1.11 bits per heavy atom. The van der Waals surface area contributed by atoms with Gasteiger partial charge in [-0.25, -0.2) is 4.79 Å². The number of hydrogen-bond acceptors (Lipinski definition) is 5. The van der Waals surface area contributed by atoms with Crippen LogP contribution in [0.5, 0.6) is 0 Å². The third-order valence-corrected chi connectivity index (χ3v) is 4.58. The predicted octanol–water partition coefficient (Wildman–Crippen LogP) is 1.97. The van der Waals surface area contributed by atoms with Crippen LogP contribution in [0.4, 0.5) is 0 Å². The van der Waals surface area contributed by atoms with E-state index in [9.17, 15) is 19.6 Å². The van der Waals surface area contributed by atoms with Crippen LogP contribution in [0.25, 0.3) is 0 Å². The first-order valence-corrected chi connectivity index (χ1v) is 9.31. The summed E-state index contributed by atoms with van der Waals surface area (Å²) in [4.78, 5) is 36.7. The lowest BCUT2D eigenvalue weighted by Crippen LogP contribution is -2.51. The van der Waals surface area contributed by atoms with Crippen LogP contribution in [-0.4, -0.2) is 36.0 Å². The Hall–Kier alpha value is -2.88. The first-order valence-electron chi connectivity index (χ1n) is 9.31. The zero-order valence-corrected chi connectivity index (χ0v) is 17.1. The number of ether oxygens (including phenoxy) is 1. The van der Waals surface area contributed by atoms with Crippen molar-refractivity contribution in [2.24, 2.45) is 11.8 Å². The molecule has 0 fully saturated rings. The van der Waals surface area contributed by atoms with E-state index < -0.39 is 30.1 Å². The summed E-state index contributed by atoms with van der Waals surface area (Å²) in [5.74, 6) is -1.88. The summed E-state index contributed by atoms with van der Waals surface area (Å²) in [7, 11) is 0. The predicted molar refractivity (Wildman–Crippen MR) is 105 cm³/mol. The second kappa shape index (κ2) is 10.5. The minimum atomic E-state index is -1.05. The highest BCUT2D eigenvalue weighted by molar-refractivity contribution is 5.87. The van der Waals surface area contributed by atoms with Gasteiger partial charge in [0, 0.05) is 0 Å². The summed E-state index contributed by atoms with van der Waals surface area (Å²) >= 11 is 0. The van der Waals surface area contributed by atoms with Crippen LogP contribution >= 0.6 is 0 Å². The molecule has 2 amide bonds. The van der Waals surface area contributed by atoms with Gasteiger partial charge < -0.3 is 15.4 Å². The van der Waals surface area contributed by atoms with Gasteiger partial charge in [0.15, 0.2) is 6.61 Å². The second-order valence-electron chi connectivity index (χ2n) is 7.58. The average molecular weight is 387 g/mol. The van der Waals surface area contributed by atoms with E-state index in [0.717, 1.165) is 5.56 Å². The molecule has 0 aliphatic heterocycles. The van der Waals surface area contributed by atoms with E-state index in [0.29, 0.717) is 0 Å². The van der Waals surface area contributed by atoms with Crippen LogP contribution in [0.1, 0.15) is 40.2 Å². The van der Waals surface area contributed by atoms with Crippen molar-refractivity contribution in [3.63, 3.8) is 0 Å². The third kappa shape index (κ3) is 7.03. The molecule has 1 aromatic carbocycles. The Morgan fingerprint density at radius 3 is 2.21 bits per heavy atom. The fraction of sp³-hybridized carbons (Fsp3) is 0.524. The lowest BCUT2D eigenvalue weighted by atomic mass is 9.90. The summed E-state index contributed by atoms with van der Waals surface area (Å²) in [6.07, 6.45) is 0.146. The molecule has 2 unspecified atom stereocenters. The van der Waals surface area contributed by atoms with Crippen molar-refractivity contribution in [1.82, 2.24) is 10.6 Å². The van der Waals surface area contributed by atoms with E-state index in [-0.39, 0.29) is 24.2 Å². The Morgan fingerprint density at radius 2 is 1.71 bits per heavy atom. The van der Waals surface area contributed by atoms with Gasteiger partial charge in [0.05, 0.1) is 12.5 Å². The van der Waals surface area contributed by atoms with E-state index in [1.807, 2.05) is 44.2 Å². The molecule has 0 saturated heterocycles. The molecule has 0 aliphatic rings. The lowest BCUT2D eigenvalue weighted by molar-refractivity contribution is -0.153. The maximum Gasteiger partial charge on any atom is 0.329 e. The van der Waals surface area contributed by atoms with E-state index in [4.69, 9.17) is 4.74 Å². The molecule has 7 heteroatoms. The Kier molecular flexibility index (Phi) is 8.65. The molecule has 2 atom stereocenters. The number of rotatable bonds is 9. The summed E-state index contributed by atoms with van der Waals surface area (Å²) < 4.78 is 5.07. The summed E-state index contributed by atoms with van der Waals surface area (Å²) in [5, 5.41) is 14.5. The molecule has 2 N–H and O–H groups in total. The molecule has 0 bridgehead atoms. The molecule has 0 spiro atoms. The highest BCUT2D eigenvalue weighted by Gasteiger charge is 2.31. The average Bonchev–Trinajstić information content (AvgIpc) is 2.64. The molecule has 7 nitrogen and oxygen atoms in total. The number of amides is 2. The van der Waals surface area contributed by atoms with Gasteiger partial charge in [0.2, 0.25) is 5.91 Å². The second-order valence-corrected chi connectivity index (χ2v) is 7.58. The molecular weight excluding hydrogens is 358 g/mol. The maximum absolute atomic E-state index is 12.4. The van der Waals surface area contributed by atoms with Gasteiger partial charge in [0.25, 0.3) is 5.91 Å². The quantitative estimate of drug-likeness (QED) is 0.630. The first kappa shape index (κ1) is 23.2. The molecule has 28 heavy (non-hydrogen) atoms. The molecular formula is C21H29N3O4. The molecule has 0 radical (unpaired) electrons.